The van der Waals surface area contributed by atoms with Crippen LogP contribution in [0.15, 0.2) is 95.4 Å². The van der Waals surface area contributed by atoms with Crippen LogP contribution in [-0.2, 0) is 14.8 Å². The molecule has 0 unspecified atom stereocenters. The summed E-state index contributed by atoms with van der Waals surface area (Å²) in [5.41, 5.74) is 2.64. The largest absolute Gasteiger partial charge is 0.490 e. The smallest absolute Gasteiger partial charge is 0.264 e. The minimum atomic E-state index is -4.23. The van der Waals surface area contributed by atoms with Gasteiger partial charge in [0.15, 0.2) is 11.5 Å². The molecule has 0 bridgehead atoms. The van der Waals surface area contributed by atoms with Crippen LogP contribution in [0.5, 0.6) is 11.5 Å². The van der Waals surface area contributed by atoms with E-state index >= 15 is 0 Å². The molecule has 1 amide bonds. The summed E-state index contributed by atoms with van der Waals surface area (Å²) >= 11 is 0. The van der Waals surface area contributed by atoms with E-state index in [1.54, 1.807) is 42.5 Å². The minimum absolute atomic E-state index is 0.0771. The maximum absolute atomic E-state index is 14.5. The molecule has 0 saturated carbocycles. The third-order valence-corrected chi connectivity index (χ3v) is 6.54. The average Bonchev–Trinajstić information content (AvgIpc) is 2.88. The van der Waals surface area contributed by atoms with Gasteiger partial charge in [0.25, 0.3) is 15.9 Å². The van der Waals surface area contributed by atoms with Crippen LogP contribution in [0.4, 0.5) is 10.1 Å². The maximum atomic E-state index is 14.5. The van der Waals surface area contributed by atoms with Gasteiger partial charge in [-0.15, -0.1) is 0 Å². The molecule has 1 N–H and O–H groups in total. The van der Waals surface area contributed by atoms with Gasteiger partial charge in [0, 0.05) is 0 Å². The summed E-state index contributed by atoms with van der Waals surface area (Å²) in [5.74, 6) is -0.514. The predicted octanol–water partition coefficient (Wildman–Crippen LogP) is 4.13. The zero-order chi connectivity index (χ0) is 26.0. The summed E-state index contributed by atoms with van der Waals surface area (Å²) in [4.78, 5) is 12.6. The zero-order valence-corrected chi connectivity index (χ0v) is 20.4. The number of hydrazone groups is 1. The fourth-order valence-electron chi connectivity index (χ4n) is 3.16. The van der Waals surface area contributed by atoms with Crippen molar-refractivity contribution in [3.8, 4) is 11.5 Å². The third kappa shape index (κ3) is 6.70. The Hall–Kier alpha value is -4.18. The lowest BCUT2D eigenvalue weighted by Crippen LogP contribution is -2.40. The molecule has 10 heteroatoms. The molecule has 0 aliphatic heterocycles. The van der Waals surface area contributed by atoms with E-state index in [9.17, 15) is 17.6 Å². The molecule has 0 aliphatic rings. The van der Waals surface area contributed by atoms with Crippen molar-refractivity contribution in [2.24, 2.45) is 5.10 Å². The molecular formula is C26H26FN3O5S. The second kappa shape index (κ2) is 12.5. The van der Waals surface area contributed by atoms with Gasteiger partial charge in [-0.25, -0.2) is 18.2 Å². The Morgan fingerprint density at radius 1 is 1.06 bits per heavy atom. The molecule has 0 radical (unpaired) electrons. The highest BCUT2D eigenvalue weighted by Crippen LogP contribution is 2.28. The van der Waals surface area contributed by atoms with Crippen LogP contribution in [0.25, 0.3) is 0 Å². The normalized spacial score (nSPS) is 11.2. The highest BCUT2D eigenvalue weighted by molar-refractivity contribution is 7.92. The summed E-state index contributed by atoms with van der Waals surface area (Å²) in [6.45, 7) is 5.50. The van der Waals surface area contributed by atoms with E-state index in [0.29, 0.717) is 34.6 Å². The standard InChI is InChI=1S/C26H26FN3O5S/c1-3-16-35-24-15-14-20(17-25(24)34-4-2)18-28-29-26(31)19-30(23-13-9-8-12-22(23)27)36(32,33)21-10-6-5-7-11-21/h3,5-15,17-18H,1,4,16,19H2,2H3,(H,29,31)/b28-18-. The Balaban J connectivity index is 1.78. The summed E-state index contributed by atoms with van der Waals surface area (Å²) < 4.78 is 52.8. The van der Waals surface area contributed by atoms with Gasteiger partial charge in [-0.05, 0) is 55.0 Å². The Morgan fingerprint density at radius 2 is 1.78 bits per heavy atom. The first-order valence-corrected chi connectivity index (χ1v) is 12.5. The van der Waals surface area contributed by atoms with Crippen molar-refractivity contribution in [1.29, 1.82) is 0 Å². The molecule has 0 aliphatic carbocycles. The van der Waals surface area contributed by atoms with Crippen molar-refractivity contribution >= 4 is 27.8 Å². The summed E-state index contributed by atoms with van der Waals surface area (Å²) in [6, 6.07) is 17.9. The van der Waals surface area contributed by atoms with Crippen molar-refractivity contribution < 1.29 is 27.1 Å². The average molecular weight is 512 g/mol. The molecule has 0 saturated heterocycles. The van der Waals surface area contributed by atoms with Crippen molar-refractivity contribution in [1.82, 2.24) is 5.43 Å². The van der Waals surface area contributed by atoms with Crippen LogP contribution >= 0.6 is 0 Å². The molecule has 8 nitrogen and oxygen atoms in total. The summed E-state index contributed by atoms with van der Waals surface area (Å²) in [6.07, 6.45) is 2.99. The minimum Gasteiger partial charge on any atom is -0.490 e. The highest BCUT2D eigenvalue weighted by Gasteiger charge is 2.28. The second-order valence-electron chi connectivity index (χ2n) is 7.31. The van der Waals surface area contributed by atoms with Crippen LogP contribution in [-0.4, -0.2) is 40.3 Å². The number of amides is 1. The zero-order valence-electron chi connectivity index (χ0n) is 19.6. The van der Waals surface area contributed by atoms with Crippen LogP contribution in [0.3, 0.4) is 0 Å². The summed E-state index contributed by atoms with van der Waals surface area (Å²) in [5, 5.41) is 3.91. The molecule has 3 aromatic carbocycles. The number of nitrogens with one attached hydrogen (secondary N) is 1. The van der Waals surface area contributed by atoms with Gasteiger partial charge < -0.3 is 9.47 Å². The number of para-hydroxylation sites is 1. The lowest BCUT2D eigenvalue weighted by molar-refractivity contribution is -0.119. The first kappa shape index (κ1) is 26.4. The van der Waals surface area contributed by atoms with Crippen molar-refractivity contribution in [2.75, 3.05) is 24.1 Å². The lowest BCUT2D eigenvalue weighted by Gasteiger charge is -2.24. The van der Waals surface area contributed by atoms with Gasteiger partial charge in [0.05, 0.1) is 23.4 Å². The fraction of sp³-hybridized carbons (Fsp3) is 0.154. The number of hydrogen-bond acceptors (Lipinski definition) is 6. The SMILES string of the molecule is C=CCOc1ccc(/C=N\NC(=O)CN(c2ccccc2F)S(=O)(=O)c2ccccc2)cc1OCC. The van der Waals surface area contributed by atoms with Crippen LogP contribution in [0, 0.1) is 5.82 Å². The molecule has 0 fully saturated rings. The molecule has 36 heavy (non-hydrogen) atoms. The maximum Gasteiger partial charge on any atom is 0.264 e. The molecule has 0 heterocycles. The van der Waals surface area contributed by atoms with Crippen LogP contribution in [0.2, 0.25) is 0 Å². The molecule has 0 atom stereocenters. The lowest BCUT2D eigenvalue weighted by atomic mass is 10.2. The number of benzene rings is 3. The van der Waals surface area contributed by atoms with Gasteiger partial charge in [-0.1, -0.05) is 43.0 Å². The topological polar surface area (TPSA) is 97.3 Å². The van der Waals surface area contributed by atoms with E-state index < -0.39 is 28.3 Å². The van der Waals surface area contributed by atoms with E-state index in [2.05, 4.69) is 17.1 Å². The number of carbonyl (C=O) groups excluding carboxylic acids is 1. The number of carbonyl (C=O) groups is 1. The van der Waals surface area contributed by atoms with Gasteiger partial charge in [-0.3, -0.25) is 9.10 Å². The quantitative estimate of drug-likeness (QED) is 0.224. The number of hydrogen-bond donors (Lipinski definition) is 1. The molecule has 3 aromatic rings. The number of halogens is 1. The molecule has 188 valence electrons. The number of nitrogens with zero attached hydrogens (tertiary/aromatic N) is 2. The van der Waals surface area contributed by atoms with E-state index in [-0.39, 0.29) is 10.6 Å². The van der Waals surface area contributed by atoms with E-state index in [4.69, 9.17) is 9.47 Å². The molecule has 3 rings (SSSR count). The molecular weight excluding hydrogens is 485 g/mol. The summed E-state index contributed by atoms with van der Waals surface area (Å²) in [7, 11) is -4.23. The van der Waals surface area contributed by atoms with Gasteiger partial charge in [-0.2, -0.15) is 5.10 Å². The van der Waals surface area contributed by atoms with Crippen LogP contribution < -0.4 is 19.2 Å². The Morgan fingerprint density at radius 3 is 2.47 bits per heavy atom. The number of sulfonamides is 1. The van der Waals surface area contributed by atoms with E-state index in [1.165, 1.54) is 36.5 Å². The first-order valence-electron chi connectivity index (χ1n) is 11.0. The molecule has 0 spiro atoms. The van der Waals surface area contributed by atoms with Crippen molar-refractivity contribution in [2.45, 2.75) is 11.8 Å². The highest BCUT2D eigenvalue weighted by atomic mass is 32.2. The van der Waals surface area contributed by atoms with E-state index in [0.717, 1.165) is 6.07 Å². The fourth-order valence-corrected chi connectivity index (χ4v) is 4.61. The van der Waals surface area contributed by atoms with Gasteiger partial charge in [0.1, 0.15) is 19.0 Å². The van der Waals surface area contributed by atoms with Crippen molar-refractivity contribution in [3.05, 3.63) is 96.8 Å². The number of anilines is 1. The predicted molar refractivity (Wildman–Crippen MR) is 136 cm³/mol. The third-order valence-electron chi connectivity index (χ3n) is 4.77. The second-order valence-corrected chi connectivity index (χ2v) is 9.17. The van der Waals surface area contributed by atoms with E-state index in [1.807, 2.05) is 6.92 Å². The first-order chi connectivity index (χ1) is 17.4. The van der Waals surface area contributed by atoms with Crippen molar-refractivity contribution in [3.63, 3.8) is 0 Å². The molecule has 0 aromatic heterocycles. The van der Waals surface area contributed by atoms with Crippen LogP contribution in [0.1, 0.15) is 12.5 Å². The number of ether oxygens (including phenoxy) is 2. The number of rotatable bonds is 12. The Labute approximate surface area is 209 Å². The van der Waals surface area contributed by atoms with Gasteiger partial charge >= 0.3 is 0 Å². The Kier molecular flexibility index (Phi) is 9.18. The Bertz CT molecular complexity index is 1330. The monoisotopic (exact) mass is 511 g/mol. The van der Waals surface area contributed by atoms with Gasteiger partial charge in [0.2, 0.25) is 0 Å².